The molecule has 0 saturated heterocycles. The van der Waals surface area contributed by atoms with Crippen LogP contribution in [0.25, 0.3) is 0 Å². The monoisotopic (exact) mass is 273 g/mol. The molecule has 0 amide bonds. The van der Waals surface area contributed by atoms with Crippen molar-refractivity contribution < 1.29 is 4.39 Å². The summed E-state index contributed by atoms with van der Waals surface area (Å²) in [4.78, 5) is 0. The van der Waals surface area contributed by atoms with Crippen molar-refractivity contribution in [2.24, 2.45) is 0 Å². The van der Waals surface area contributed by atoms with Crippen molar-refractivity contribution in [1.82, 2.24) is 5.32 Å². The van der Waals surface area contributed by atoms with E-state index in [1.165, 1.54) is 0 Å². The number of rotatable bonds is 5. The third-order valence-corrected chi connectivity index (χ3v) is 3.31. The standard InChI is InChI=1S/C12H17BrFN/c1-3-10(15-2)8-7-9-5-4-6-11(13)12(9)14/h4-6,10,15H,3,7-8H2,1-2H3. The lowest BCUT2D eigenvalue weighted by molar-refractivity contribution is 0.500. The maximum absolute atomic E-state index is 13.6. The minimum atomic E-state index is -0.122. The molecule has 1 unspecified atom stereocenters. The molecule has 0 aliphatic rings. The van der Waals surface area contributed by atoms with E-state index >= 15 is 0 Å². The van der Waals surface area contributed by atoms with Crippen LogP contribution in [0.1, 0.15) is 25.3 Å². The van der Waals surface area contributed by atoms with Crippen LogP contribution >= 0.6 is 15.9 Å². The molecule has 0 aliphatic heterocycles. The molecule has 0 aromatic heterocycles. The smallest absolute Gasteiger partial charge is 0.140 e. The Morgan fingerprint density at radius 2 is 2.20 bits per heavy atom. The molecule has 0 fully saturated rings. The number of benzene rings is 1. The summed E-state index contributed by atoms with van der Waals surface area (Å²) in [7, 11) is 1.95. The predicted octanol–water partition coefficient (Wildman–Crippen LogP) is 3.52. The molecule has 0 bridgehead atoms. The van der Waals surface area contributed by atoms with Gasteiger partial charge in [0.1, 0.15) is 5.82 Å². The Kier molecular flexibility index (Phi) is 5.26. The van der Waals surface area contributed by atoms with Gasteiger partial charge in [-0.1, -0.05) is 19.1 Å². The Labute approximate surface area is 99.2 Å². The number of halogens is 2. The van der Waals surface area contributed by atoms with Gasteiger partial charge in [-0.2, -0.15) is 0 Å². The van der Waals surface area contributed by atoms with Crippen LogP contribution in [0, 0.1) is 5.82 Å². The van der Waals surface area contributed by atoms with E-state index < -0.39 is 0 Å². The summed E-state index contributed by atoms with van der Waals surface area (Å²) >= 11 is 3.20. The van der Waals surface area contributed by atoms with Crippen LogP contribution in [-0.4, -0.2) is 13.1 Å². The van der Waals surface area contributed by atoms with Crippen molar-refractivity contribution in [3.05, 3.63) is 34.1 Å². The summed E-state index contributed by atoms with van der Waals surface area (Å²) in [5.41, 5.74) is 0.790. The predicted molar refractivity (Wildman–Crippen MR) is 65.6 cm³/mol. The van der Waals surface area contributed by atoms with Gasteiger partial charge >= 0.3 is 0 Å². The van der Waals surface area contributed by atoms with E-state index in [1.807, 2.05) is 19.2 Å². The van der Waals surface area contributed by atoms with E-state index in [0.717, 1.165) is 24.8 Å². The van der Waals surface area contributed by atoms with Crippen LogP contribution in [0.15, 0.2) is 22.7 Å². The molecule has 1 aromatic rings. The molecular weight excluding hydrogens is 257 g/mol. The molecule has 15 heavy (non-hydrogen) atoms. The Morgan fingerprint density at radius 3 is 2.80 bits per heavy atom. The zero-order valence-corrected chi connectivity index (χ0v) is 10.8. The Balaban J connectivity index is 2.61. The second-order valence-corrected chi connectivity index (χ2v) is 4.50. The summed E-state index contributed by atoms with van der Waals surface area (Å²) in [6.45, 7) is 2.14. The average Bonchev–Trinajstić information content (AvgIpc) is 2.25. The fraction of sp³-hybridized carbons (Fsp3) is 0.500. The molecule has 0 radical (unpaired) electrons. The SMILES string of the molecule is CCC(CCc1cccc(Br)c1F)NC. The normalized spacial score (nSPS) is 12.8. The van der Waals surface area contributed by atoms with Crippen LogP contribution in [-0.2, 0) is 6.42 Å². The van der Waals surface area contributed by atoms with Gasteiger partial charge < -0.3 is 5.32 Å². The fourth-order valence-corrected chi connectivity index (χ4v) is 2.03. The number of nitrogens with one attached hydrogen (secondary N) is 1. The first kappa shape index (κ1) is 12.7. The molecule has 84 valence electrons. The molecule has 0 aliphatic carbocycles. The molecule has 1 N–H and O–H groups in total. The lowest BCUT2D eigenvalue weighted by Crippen LogP contribution is -2.24. The zero-order chi connectivity index (χ0) is 11.3. The molecule has 1 nitrogen and oxygen atoms in total. The largest absolute Gasteiger partial charge is 0.317 e. The van der Waals surface area contributed by atoms with Crippen molar-refractivity contribution in [3.63, 3.8) is 0 Å². The van der Waals surface area contributed by atoms with Crippen LogP contribution in [0.2, 0.25) is 0 Å². The maximum atomic E-state index is 13.6. The first-order valence-corrected chi connectivity index (χ1v) is 6.08. The highest BCUT2D eigenvalue weighted by Gasteiger charge is 2.08. The van der Waals surface area contributed by atoms with Gasteiger partial charge in [0.05, 0.1) is 4.47 Å². The summed E-state index contributed by atoms with van der Waals surface area (Å²) in [5.74, 6) is -0.122. The van der Waals surface area contributed by atoms with Gasteiger partial charge in [-0.25, -0.2) is 4.39 Å². The van der Waals surface area contributed by atoms with Crippen molar-refractivity contribution in [2.45, 2.75) is 32.2 Å². The highest BCUT2D eigenvalue weighted by atomic mass is 79.9. The maximum Gasteiger partial charge on any atom is 0.140 e. The van der Waals surface area contributed by atoms with Crippen molar-refractivity contribution in [3.8, 4) is 0 Å². The molecular formula is C12H17BrFN. The van der Waals surface area contributed by atoms with E-state index in [9.17, 15) is 4.39 Å². The van der Waals surface area contributed by atoms with Crippen LogP contribution < -0.4 is 5.32 Å². The molecule has 1 atom stereocenters. The van der Waals surface area contributed by atoms with Crippen molar-refractivity contribution >= 4 is 15.9 Å². The topological polar surface area (TPSA) is 12.0 Å². The lowest BCUT2D eigenvalue weighted by atomic mass is 10.0. The van der Waals surface area contributed by atoms with Gasteiger partial charge in [0, 0.05) is 6.04 Å². The average molecular weight is 274 g/mol. The van der Waals surface area contributed by atoms with E-state index in [-0.39, 0.29) is 5.82 Å². The zero-order valence-electron chi connectivity index (χ0n) is 9.19. The highest BCUT2D eigenvalue weighted by Crippen LogP contribution is 2.20. The van der Waals surface area contributed by atoms with E-state index in [2.05, 4.69) is 28.2 Å². The first-order valence-electron chi connectivity index (χ1n) is 5.29. The summed E-state index contributed by atoms with van der Waals surface area (Å²) < 4.78 is 14.1. The molecule has 0 spiro atoms. The van der Waals surface area contributed by atoms with Crippen molar-refractivity contribution in [1.29, 1.82) is 0 Å². The Bertz CT molecular complexity index is 310. The quantitative estimate of drug-likeness (QED) is 0.866. The van der Waals surface area contributed by atoms with Gasteiger partial charge in [0.15, 0.2) is 0 Å². The minimum absolute atomic E-state index is 0.122. The number of hydrogen-bond donors (Lipinski definition) is 1. The summed E-state index contributed by atoms with van der Waals surface area (Å²) in [6, 6.07) is 5.93. The fourth-order valence-electron chi connectivity index (χ4n) is 1.62. The summed E-state index contributed by atoms with van der Waals surface area (Å²) in [5, 5.41) is 3.22. The molecule has 0 saturated carbocycles. The Morgan fingerprint density at radius 1 is 1.47 bits per heavy atom. The van der Waals surface area contributed by atoms with Gasteiger partial charge in [0.2, 0.25) is 0 Å². The highest BCUT2D eigenvalue weighted by molar-refractivity contribution is 9.10. The third kappa shape index (κ3) is 3.58. The summed E-state index contributed by atoms with van der Waals surface area (Å²) in [6.07, 6.45) is 2.83. The first-order chi connectivity index (χ1) is 7.19. The van der Waals surface area contributed by atoms with Crippen LogP contribution in [0.4, 0.5) is 4.39 Å². The molecule has 0 heterocycles. The lowest BCUT2D eigenvalue weighted by Gasteiger charge is -2.13. The van der Waals surface area contributed by atoms with Gasteiger partial charge in [-0.05, 0) is 53.9 Å². The third-order valence-electron chi connectivity index (χ3n) is 2.69. The van der Waals surface area contributed by atoms with E-state index in [4.69, 9.17) is 0 Å². The van der Waals surface area contributed by atoms with Crippen LogP contribution in [0.5, 0.6) is 0 Å². The van der Waals surface area contributed by atoms with Gasteiger partial charge in [0.25, 0.3) is 0 Å². The number of hydrogen-bond acceptors (Lipinski definition) is 1. The van der Waals surface area contributed by atoms with E-state index in [0.29, 0.717) is 10.5 Å². The Hall–Kier alpha value is -0.410. The second kappa shape index (κ2) is 6.23. The van der Waals surface area contributed by atoms with E-state index in [1.54, 1.807) is 6.07 Å². The van der Waals surface area contributed by atoms with Crippen molar-refractivity contribution in [2.75, 3.05) is 7.05 Å². The molecule has 1 rings (SSSR count). The molecule has 1 aromatic carbocycles. The van der Waals surface area contributed by atoms with Gasteiger partial charge in [-0.15, -0.1) is 0 Å². The molecule has 3 heteroatoms. The van der Waals surface area contributed by atoms with Crippen LogP contribution in [0.3, 0.4) is 0 Å². The van der Waals surface area contributed by atoms with Gasteiger partial charge in [-0.3, -0.25) is 0 Å². The second-order valence-electron chi connectivity index (χ2n) is 3.65. The number of aryl methyl sites for hydroxylation is 1. The minimum Gasteiger partial charge on any atom is -0.317 e.